The standard InChI is InChI=1S/C46H84NO8P/c1-3-5-7-9-11-13-15-17-18-19-20-21-22-23-24-25-26-27-29-31-33-35-37-39-46(50)53-42-44(48)43-55-56(51,52)54-41-40-47-45(49)38-36-34-32-30-28-16-14-12-10-8-6-4-2/h11-14,17-18,20-21,44,48H,3-10,15-16,19,22-43H2,1-2H3,(H,47,49)(H,51,52)/b13-11-,14-12-,18-17-,21-20-. The maximum absolute atomic E-state index is 12.1. The van der Waals surface area contributed by atoms with Crippen molar-refractivity contribution in [2.75, 3.05) is 26.4 Å². The molecule has 2 unspecified atom stereocenters. The third-order valence-electron chi connectivity index (χ3n) is 9.48. The van der Waals surface area contributed by atoms with E-state index in [0.29, 0.717) is 6.42 Å². The largest absolute Gasteiger partial charge is 0.472 e. The molecule has 10 heteroatoms. The number of unbranched alkanes of at least 4 members (excludes halogenated alkanes) is 21. The highest BCUT2D eigenvalue weighted by Crippen LogP contribution is 2.42. The molecule has 0 bridgehead atoms. The number of aliphatic hydroxyl groups excluding tert-OH is 1. The van der Waals surface area contributed by atoms with E-state index in [1.165, 1.54) is 109 Å². The molecule has 0 radical (unpaired) electrons. The fraction of sp³-hybridized carbons (Fsp3) is 0.783. The Hall–Kier alpha value is -2.03. The topological polar surface area (TPSA) is 131 Å². The van der Waals surface area contributed by atoms with Crippen molar-refractivity contribution in [3.05, 3.63) is 48.6 Å². The summed E-state index contributed by atoms with van der Waals surface area (Å²) in [4.78, 5) is 33.9. The number of amides is 1. The molecule has 9 nitrogen and oxygen atoms in total. The number of carbonyl (C=O) groups is 2. The molecule has 326 valence electrons. The van der Waals surface area contributed by atoms with Crippen LogP contribution >= 0.6 is 7.82 Å². The van der Waals surface area contributed by atoms with Crippen molar-refractivity contribution in [1.29, 1.82) is 0 Å². The minimum absolute atomic E-state index is 0.0761. The van der Waals surface area contributed by atoms with Crippen LogP contribution in [-0.2, 0) is 27.9 Å². The molecule has 0 rings (SSSR count). The van der Waals surface area contributed by atoms with Gasteiger partial charge in [-0.3, -0.25) is 18.6 Å². The van der Waals surface area contributed by atoms with Gasteiger partial charge in [0.1, 0.15) is 12.7 Å². The summed E-state index contributed by atoms with van der Waals surface area (Å²) in [5, 5.41) is 12.7. The number of phosphoric ester groups is 1. The van der Waals surface area contributed by atoms with Crippen LogP contribution < -0.4 is 5.32 Å². The number of nitrogens with one attached hydrogen (secondary N) is 1. The number of phosphoric acid groups is 1. The van der Waals surface area contributed by atoms with Crippen molar-refractivity contribution in [1.82, 2.24) is 5.32 Å². The number of aliphatic hydroxyl groups is 1. The molecule has 2 atom stereocenters. The smallest absolute Gasteiger partial charge is 0.463 e. The normalized spacial score (nSPS) is 13.7. The number of hydrogen-bond donors (Lipinski definition) is 3. The molecule has 0 saturated carbocycles. The van der Waals surface area contributed by atoms with Gasteiger partial charge in [0.15, 0.2) is 0 Å². The zero-order valence-corrected chi connectivity index (χ0v) is 36.7. The van der Waals surface area contributed by atoms with Crippen LogP contribution in [0.4, 0.5) is 0 Å². The predicted molar refractivity (Wildman–Crippen MR) is 234 cm³/mol. The van der Waals surface area contributed by atoms with Crippen LogP contribution in [0.5, 0.6) is 0 Å². The summed E-state index contributed by atoms with van der Waals surface area (Å²) in [5.41, 5.74) is 0. The zero-order valence-electron chi connectivity index (χ0n) is 35.8. The van der Waals surface area contributed by atoms with E-state index in [1.54, 1.807) is 0 Å². The molecule has 0 aliphatic heterocycles. The summed E-state index contributed by atoms with van der Waals surface area (Å²) >= 11 is 0. The maximum Gasteiger partial charge on any atom is 0.472 e. The summed E-state index contributed by atoms with van der Waals surface area (Å²) < 4.78 is 26.9. The van der Waals surface area contributed by atoms with Gasteiger partial charge in [-0.25, -0.2) is 4.57 Å². The summed E-state index contributed by atoms with van der Waals surface area (Å²) in [5.74, 6) is -0.530. The molecule has 0 aromatic carbocycles. The Morgan fingerprint density at radius 1 is 0.554 bits per heavy atom. The Balaban J connectivity index is 3.59. The molecular weight excluding hydrogens is 725 g/mol. The quantitative estimate of drug-likeness (QED) is 0.0240. The Bertz CT molecular complexity index is 1060. The van der Waals surface area contributed by atoms with E-state index in [-0.39, 0.29) is 32.1 Å². The molecule has 0 aliphatic rings. The minimum Gasteiger partial charge on any atom is -0.463 e. The van der Waals surface area contributed by atoms with Gasteiger partial charge in [-0.15, -0.1) is 0 Å². The van der Waals surface area contributed by atoms with Gasteiger partial charge >= 0.3 is 13.8 Å². The number of allylic oxidation sites excluding steroid dienone is 8. The van der Waals surface area contributed by atoms with Crippen LogP contribution in [0.3, 0.4) is 0 Å². The van der Waals surface area contributed by atoms with E-state index < -0.39 is 26.5 Å². The summed E-state index contributed by atoms with van der Waals surface area (Å²) in [6.45, 7) is 3.49. The first kappa shape index (κ1) is 54.0. The molecule has 0 aliphatic carbocycles. The molecule has 0 aromatic heterocycles. The molecule has 0 spiro atoms. The highest BCUT2D eigenvalue weighted by Gasteiger charge is 2.23. The second kappa shape index (κ2) is 42.6. The van der Waals surface area contributed by atoms with Gasteiger partial charge in [0.25, 0.3) is 0 Å². The molecule has 0 fully saturated rings. The first-order chi connectivity index (χ1) is 27.3. The number of hydrogen-bond acceptors (Lipinski definition) is 7. The molecule has 3 N–H and O–H groups in total. The number of carbonyl (C=O) groups excluding carboxylic acids is 2. The van der Waals surface area contributed by atoms with Gasteiger partial charge in [0, 0.05) is 19.4 Å². The fourth-order valence-electron chi connectivity index (χ4n) is 6.03. The lowest BCUT2D eigenvalue weighted by Gasteiger charge is -2.15. The van der Waals surface area contributed by atoms with Gasteiger partial charge in [-0.05, 0) is 77.0 Å². The lowest BCUT2D eigenvalue weighted by atomic mass is 10.1. The Morgan fingerprint density at radius 2 is 0.964 bits per heavy atom. The Labute approximate surface area is 343 Å². The SMILES string of the molecule is CCCCC/C=C\C/C=C\C/C=C\CCCCCCCCCCCCC(=O)OCC(O)COP(=O)(O)OCCNC(=O)CCCCCCC/C=C\CCCCC. The Morgan fingerprint density at radius 3 is 1.46 bits per heavy atom. The monoisotopic (exact) mass is 810 g/mol. The van der Waals surface area contributed by atoms with Crippen molar-refractivity contribution in [2.24, 2.45) is 0 Å². The first-order valence-electron chi connectivity index (χ1n) is 22.6. The van der Waals surface area contributed by atoms with E-state index in [0.717, 1.165) is 64.2 Å². The number of rotatable bonds is 42. The van der Waals surface area contributed by atoms with Crippen LogP contribution in [-0.4, -0.2) is 54.3 Å². The van der Waals surface area contributed by atoms with Crippen LogP contribution in [0, 0.1) is 0 Å². The minimum atomic E-state index is -4.42. The van der Waals surface area contributed by atoms with Gasteiger partial charge in [0.05, 0.1) is 13.2 Å². The van der Waals surface area contributed by atoms with Crippen molar-refractivity contribution >= 4 is 19.7 Å². The molecule has 0 saturated heterocycles. The second-order valence-corrected chi connectivity index (χ2v) is 16.5. The molecular formula is C46H84NO8P. The van der Waals surface area contributed by atoms with Gasteiger partial charge in [0.2, 0.25) is 5.91 Å². The predicted octanol–water partition coefficient (Wildman–Crippen LogP) is 12.7. The van der Waals surface area contributed by atoms with E-state index in [9.17, 15) is 24.2 Å². The van der Waals surface area contributed by atoms with Crippen LogP contribution in [0.1, 0.15) is 200 Å². The lowest BCUT2D eigenvalue weighted by Crippen LogP contribution is -2.27. The third-order valence-corrected chi connectivity index (χ3v) is 10.5. The Kier molecular flexibility index (Phi) is 41.0. The number of esters is 1. The highest BCUT2D eigenvalue weighted by molar-refractivity contribution is 7.47. The average Bonchev–Trinajstić information content (AvgIpc) is 3.18. The van der Waals surface area contributed by atoms with E-state index in [1.807, 2.05) is 0 Å². The van der Waals surface area contributed by atoms with Crippen molar-refractivity contribution < 1.29 is 37.9 Å². The van der Waals surface area contributed by atoms with Crippen LogP contribution in [0.15, 0.2) is 48.6 Å². The first-order valence-corrected chi connectivity index (χ1v) is 24.1. The van der Waals surface area contributed by atoms with Crippen LogP contribution in [0.2, 0.25) is 0 Å². The van der Waals surface area contributed by atoms with Crippen molar-refractivity contribution in [3.63, 3.8) is 0 Å². The summed E-state index contributed by atoms with van der Waals surface area (Å²) in [6, 6.07) is 0. The van der Waals surface area contributed by atoms with E-state index in [4.69, 9.17) is 13.8 Å². The maximum atomic E-state index is 12.1. The fourth-order valence-corrected chi connectivity index (χ4v) is 6.79. The summed E-state index contributed by atoms with van der Waals surface area (Å²) in [6.07, 6.45) is 49.0. The molecule has 56 heavy (non-hydrogen) atoms. The van der Waals surface area contributed by atoms with Gasteiger partial charge < -0.3 is 20.1 Å². The summed E-state index contributed by atoms with van der Waals surface area (Å²) in [7, 11) is -4.42. The number of ether oxygens (including phenoxy) is 1. The zero-order chi connectivity index (χ0) is 41.1. The van der Waals surface area contributed by atoms with Crippen molar-refractivity contribution in [3.8, 4) is 0 Å². The third kappa shape index (κ3) is 43.1. The van der Waals surface area contributed by atoms with E-state index in [2.05, 4.69) is 67.8 Å². The van der Waals surface area contributed by atoms with Gasteiger partial charge in [-0.2, -0.15) is 0 Å². The van der Waals surface area contributed by atoms with Crippen LogP contribution in [0.25, 0.3) is 0 Å². The highest BCUT2D eigenvalue weighted by atomic mass is 31.2. The van der Waals surface area contributed by atoms with Gasteiger partial charge in [-0.1, -0.05) is 159 Å². The second-order valence-electron chi connectivity index (χ2n) is 15.0. The average molecular weight is 810 g/mol. The lowest BCUT2D eigenvalue weighted by molar-refractivity contribution is -0.147. The molecule has 0 aromatic rings. The molecule has 1 amide bonds. The van der Waals surface area contributed by atoms with E-state index >= 15 is 0 Å². The van der Waals surface area contributed by atoms with Crippen molar-refractivity contribution in [2.45, 2.75) is 206 Å². The molecule has 0 heterocycles.